The maximum Gasteiger partial charge on any atom is 0.343 e. The van der Waals surface area contributed by atoms with Crippen molar-refractivity contribution < 1.29 is 0 Å². The average molecular weight is 283 g/mol. The molecular weight excluding hydrogens is 262 g/mol. The van der Waals surface area contributed by atoms with Crippen molar-refractivity contribution in [2.45, 2.75) is 50.9 Å². The second-order valence-electron chi connectivity index (χ2n) is 4.24. The summed E-state index contributed by atoms with van der Waals surface area (Å²) in [5.74, 6) is 0.767. The van der Waals surface area contributed by atoms with E-state index in [4.69, 9.17) is 5.26 Å². The Labute approximate surface area is 117 Å². The maximum absolute atomic E-state index is 11.5. The molecule has 0 amide bonds. The van der Waals surface area contributed by atoms with Crippen molar-refractivity contribution in [1.82, 2.24) is 20.1 Å². The highest BCUT2D eigenvalue weighted by Gasteiger charge is 2.10. The van der Waals surface area contributed by atoms with E-state index in [1.54, 1.807) is 4.57 Å². The monoisotopic (exact) mass is 283 g/mol. The molecule has 1 atom stereocenters. The van der Waals surface area contributed by atoms with E-state index in [1.165, 1.54) is 11.8 Å². The van der Waals surface area contributed by atoms with Crippen molar-refractivity contribution >= 4 is 11.8 Å². The van der Waals surface area contributed by atoms with Crippen LogP contribution in [0.3, 0.4) is 0 Å². The van der Waals surface area contributed by atoms with Gasteiger partial charge in [-0.15, -0.1) is 5.10 Å². The molecule has 0 bridgehead atoms. The first-order chi connectivity index (χ1) is 9.22. The van der Waals surface area contributed by atoms with Crippen LogP contribution in [0.1, 0.15) is 33.1 Å². The molecule has 1 unspecified atom stereocenters. The van der Waals surface area contributed by atoms with E-state index in [0.29, 0.717) is 11.7 Å². The van der Waals surface area contributed by atoms with Gasteiger partial charge < -0.3 is 5.32 Å². The van der Waals surface area contributed by atoms with Crippen LogP contribution in [-0.4, -0.2) is 33.1 Å². The SMILES string of the molecule is CCCNC(C#N)CCSc1n[nH]c(=O)n1CCC. The number of nitrogens with zero attached hydrogens (tertiary/aromatic N) is 3. The Bertz CT molecular complexity index is 461. The normalized spacial score (nSPS) is 12.3. The lowest BCUT2D eigenvalue weighted by Gasteiger charge is -2.10. The molecule has 0 radical (unpaired) electrons. The van der Waals surface area contributed by atoms with Crippen molar-refractivity contribution in [1.29, 1.82) is 5.26 Å². The summed E-state index contributed by atoms with van der Waals surface area (Å²) in [6, 6.07) is 2.12. The Kier molecular flexibility index (Phi) is 7.30. The number of rotatable bonds is 9. The summed E-state index contributed by atoms with van der Waals surface area (Å²) >= 11 is 1.51. The number of H-pyrrole nitrogens is 1. The average Bonchev–Trinajstić information content (AvgIpc) is 2.76. The van der Waals surface area contributed by atoms with Crippen LogP contribution in [0.15, 0.2) is 9.95 Å². The summed E-state index contributed by atoms with van der Waals surface area (Å²) in [5.41, 5.74) is -0.162. The van der Waals surface area contributed by atoms with Crippen molar-refractivity contribution in [3.05, 3.63) is 10.5 Å². The topological polar surface area (TPSA) is 86.5 Å². The highest BCUT2D eigenvalue weighted by molar-refractivity contribution is 7.99. The van der Waals surface area contributed by atoms with Crippen LogP contribution < -0.4 is 11.0 Å². The summed E-state index contributed by atoms with van der Waals surface area (Å²) in [4.78, 5) is 11.5. The second kappa shape index (κ2) is 8.77. The first kappa shape index (κ1) is 15.8. The van der Waals surface area contributed by atoms with Crippen LogP contribution in [0.2, 0.25) is 0 Å². The summed E-state index contributed by atoms with van der Waals surface area (Å²) in [7, 11) is 0. The van der Waals surface area contributed by atoms with Gasteiger partial charge in [-0.1, -0.05) is 25.6 Å². The number of nitriles is 1. The fourth-order valence-electron chi connectivity index (χ4n) is 1.63. The predicted octanol–water partition coefficient (Wildman–Crippen LogP) is 1.36. The van der Waals surface area contributed by atoms with Gasteiger partial charge in [-0.2, -0.15) is 5.26 Å². The maximum atomic E-state index is 11.5. The quantitative estimate of drug-likeness (QED) is 0.668. The van der Waals surface area contributed by atoms with Crippen molar-refractivity contribution in [2.24, 2.45) is 0 Å². The lowest BCUT2D eigenvalue weighted by atomic mass is 10.2. The Morgan fingerprint density at radius 3 is 2.95 bits per heavy atom. The number of nitrogens with one attached hydrogen (secondary N) is 2. The number of thioether (sulfide) groups is 1. The molecule has 0 aliphatic rings. The first-order valence-corrected chi connectivity index (χ1v) is 7.62. The lowest BCUT2D eigenvalue weighted by Crippen LogP contribution is -2.28. The van der Waals surface area contributed by atoms with Crippen LogP contribution in [0.4, 0.5) is 0 Å². The fourth-order valence-corrected chi connectivity index (χ4v) is 2.61. The van der Waals surface area contributed by atoms with E-state index < -0.39 is 0 Å². The van der Waals surface area contributed by atoms with Gasteiger partial charge in [0, 0.05) is 12.3 Å². The zero-order chi connectivity index (χ0) is 14.1. The molecule has 0 saturated carbocycles. The highest BCUT2D eigenvalue weighted by atomic mass is 32.2. The Morgan fingerprint density at radius 1 is 1.53 bits per heavy atom. The van der Waals surface area contributed by atoms with Gasteiger partial charge in [0.05, 0.1) is 12.1 Å². The molecule has 2 N–H and O–H groups in total. The van der Waals surface area contributed by atoms with E-state index in [1.807, 2.05) is 6.92 Å². The van der Waals surface area contributed by atoms with Crippen LogP contribution in [-0.2, 0) is 6.54 Å². The Morgan fingerprint density at radius 2 is 2.32 bits per heavy atom. The molecule has 19 heavy (non-hydrogen) atoms. The summed E-state index contributed by atoms with van der Waals surface area (Å²) < 4.78 is 1.64. The van der Waals surface area contributed by atoms with Gasteiger partial charge in [0.2, 0.25) is 0 Å². The van der Waals surface area contributed by atoms with Crippen molar-refractivity contribution in [2.75, 3.05) is 12.3 Å². The molecule has 6 nitrogen and oxygen atoms in total. The first-order valence-electron chi connectivity index (χ1n) is 6.63. The molecular formula is C12H21N5OS. The Balaban J connectivity index is 2.44. The molecule has 0 aromatic carbocycles. The Hall–Kier alpha value is -1.26. The number of aromatic amines is 1. The van der Waals surface area contributed by atoms with E-state index in [0.717, 1.165) is 31.6 Å². The molecule has 0 fully saturated rings. The van der Waals surface area contributed by atoms with Gasteiger partial charge >= 0.3 is 5.69 Å². The van der Waals surface area contributed by atoms with Gasteiger partial charge in [0.25, 0.3) is 0 Å². The lowest BCUT2D eigenvalue weighted by molar-refractivity contribution is 0.583. The highest BCUT2D eigenvalue weighted by Crippen LogP contribution is 2.15. The molecule has 0 spiro atoms. The summed E-state index contributed by atoms with van der Waals surface area (Å²) in [5, 5.41) is 19.3. The molecule has 1 rings (SSSR count). The fraction of sp³-hybridized carbons (Fsp3) is 0.750. The van der Waals surface area contributed by atoms with Crippen LogP contribution in [0, 0.1) is 11.3 Å². The van der Waals surface area contributed by atoms with E-state index in [2.05, 4.69) is 28.5 Å². The second-order valence-corrected chi connectivity index (χ2v) is 5.30. The van der Waals surface area contributed by atoms with E-state index >= 15 is 0 Å². The molecule has 0 aliphatic carbocycles. The molecule has 0 saturated heterocycles. The molecule has 1 aromatic rings. The van der Waals surface area contributed by atoms with E-state index in [-0.39, 0.29) is 11.7 Å². The largest absolute Gasteiger partial charge is 0.343 e. The van der Waals surface area contributed by atoms with Crippen LogP contribution in [0.5, 0.6) is 0 Å². The molecule has 7 heteroatoms. The van der Waals surface area contributed by atoms with Crippen LogP contribution >= 0.6 is 11.8 Å². The number of aromatic nitrogens is 3. The van der Waals surface area contributed by atoms with Gasteiger partial charge in [-0.05, 0) is 25.8 Å². The van der Waals surface area contributed by atoms with Gasteiger partial charge in [0.15, 0.2) is 5.16 Å². The van der Waals surface area contributed by atoms with Crippen LogP contribution in [0.25, 0.3) is 0 Å². The molecule has 1 heterocycles. The standard InChI is InChI=1S/C12H21N5OS/c1-3-6-14-10(9-13)5-8-19-12-16-15-11(18)17(12)7-4-2/h10,14H,3-8H2,1-2H3,(H,15,18). The zero-order valence-electron chi connectivity index (χ0n) is 11.5. The minimum Gasteiger partial charge on any atom is -0.302 e. The van der Waals surface area contributed by atoms with Gasteiger partial charge in [0.1, 0.15) is 0 Å². The molecule has 0 aliphatic heterocycles. The third-order valence-electron chi connectivity index (χ3n) is 2.60. The minimum atomic E-state index is -0.162. The third kappa shape index (κ3) is 5.09. The third-order valence-corrected chi connectivity index (χ3v) is 3.61. The summed E-state index contributed by atoms with van der Waals surface area (Å²) in [6.45, 7) is 5.62. The van der Waals surface area contributed by atoms with Gasteiger partial charge in [-0.25, -0.2) is 9.89 Å². The predicted molar refractivity (Wildman–Crippen MR) is 76.2 cm³/mol. The molecule has 106 valence electrons. The molecule has 1 aromatic heterocycles. The zero-order valence-corrected chi connectivity index (χ0v) is 12.3. The number of hydrogen-bond acceptors (Lipinski definition) is 5. The van der Waals surface area contributed by atoms with Crippen molar-refractivity contribution in [3.8, 4) is 6.07 Å². The minimum absolute atomic E-state index is 0.127. The number of hydrogen-bond donors (Lipinski definition) is 2. The van der Waals surface area contributed by atoms with E-state index in [9.17, 15) is 4.79 Å². The summed E-state index contributed by atoms with van der Waals surface area (Å²) in [6.07, 6.45) is 2.65. The smallest absolute Gasteiger partial charge is 0.302 e. The van der Waals surface area contributed by atoms with Crippen molar-refractivity contribution in [3.63, 3.8) is 0 Å². The van der Waals surface area contributed by atoms with Gasteiger partial charge in [-0.3, -0.25) is 4.57 Å².